The lowest BCUT2D eigenvalue weighted by Crippen LogP contribution is -2.24. The highest BCUT2D eigenvalue weighted by Crippen LogP contribution is 2.36. The van der Waals surface area contributed by atoms with Crippen LogP contribution in [-0.4, -0.2) is 29.5 Å². The SMILES string of the molecule is CCCNC(c1cnsn1)c1c(OC)cccc1OC. The van der Waals surface area contributed by atoms with Gasteiger partial charge in [0.05, 0.1) is 49.4 Å². The number of methoxy groups -OCH3 is 2. The molecule has 2 rings (SSSR count). The molecule has 1 unspecified atom stereocenters. The summed E-state index contributed by atoms with van der Waals surface area (Å²) >= 11 is 1.20. The zero-order valence-corrected chi connectivity index (χ0v) is 12.7. The number of rotatable bonds is 7. The maximum Gasteiger partial charge on any atom is 0.127 e. The van der Waals surface area contributed by atoms with E-state index in [0.29, 0.717) is 0 Å². The first-order valence-electron chi connectivity index (χ1n) is 6.53. The largest absolute Gasteiger partial charge is 0.496 e. The standard InChI is InChI=1S/C14H19N3O2S/c1-4-8-15-14(10-9-16-20-17-10)13-11(18-2)6-5-7-12(13)19-3/h5-7,9,14-15H,4,8H2,1-3H3. The number of ether oxygens (including phenoxy) is 2. The highest BCUT2D eigenvalue weighted by molar-refractivity contribution is 6.99. The Morgan fingerprint density at radius 1 is 1.25 bits per heavy atom. The van der Waals surface area contributed by atoms with Crippen molar-refractivity contribution < 1.29 is 9.47 Å². The molecule has 0 radical (unpaired) electrons. The van der Waals surface area contributed by atoms with E-state index in [1.54, 1.807) is 20.4 Å². The Kier molecular flexibility index (Phi) is 5.31. The van der Waals surface area contributed by atoms with Crippen LogP contribution in [0.4, 0.5) is 0 Å². The lowest BCUT2D eigenvalue weighted by atomic mass is 10.0. The molecule has 5 nitrogen and oxygen atoms in total. The number of benzene rings is 1. The molecule has 1 heterocycles. The number of nitrogens with one attached hydrogen (secondary N) is 1. The smallest absolute Gasteiger partial charge is 0.127 e. The number of aromatic nitrogens is 2. The van der Waals surface area contributed by atoms with E-state index >= 15 is 0 Å². The van der Waals surface area contributed by atoms with Gasteiger partial charge in [0.15, 0.2) is 0 Å². The summed E-state index contributed by atoms with van der Waals surface area (Å²) in [5.74, 6) is 1.57. The van der Waals surface area contributed by atoms with Crippen LogP contribution in [0, 0.1) is 0 Å². The summed E-state index contributed by atoms with van der Waals surface area (Å²) in [6, 6.07) is 5.69. The van der Waals surface area contributed by atoms with Crippen LogP contribution in [0.1, 0.15) is 30.6 Å². The average molecular weight is 293 g/mol. The maximum absolute atomic E-state index is 5.48. The van der Waals surface area contributed by atoms with Crippen molar-refractivity contribution in [2.24, 2.45) is 0 Å². The third kappa shape index (κ3) is 3.08. The molecule has 0 aliphatic heterocycles. The number of nitrogens with zero attached hydrogens (tertiary/aromatic N) is 2. The molecule has 0 spiro atoms. The molecular formula is C14H19N3O2S. The fraction of sp³-hybridized carbons (Fsp3) is 0.429. The van der Waals surface area contributed by atoms with E-state index < -0.39 is 0 Å². The van der Waals surface area contributed by atoms with E-state index in [0.717, 1.165) is 35.7 Å². The topological polar surface area (TPSA) is 56.3 Å². The van der Waals surface area contributed by atoms with Gasteiger partial charge >= 0.3 is 0 Å². The second-order valence-corrected chi connectivity index (χ2v) is 4.85. The summed E-state index contributed by atoms with van der Waals surface area (Å²) in [6.45, 7) is 3.01. The van der Waals surface area contributed by atoms with Crippen molar-refractivity contribution in [3.8, 4) is 11.5 Å². The molecule has 0 amide bonds. The van der Waals surface area contributed by atoms with Crippen molar-refractivity contribution in [2.75, 3.05) is 20.8 Å². The normalized spacial score (nSPS) is 12.2. The van der Waals surface area contributed by atoms with E-state index in [1.807, 2.05) is 18.2 Å². The van der Waals surface area contributed by atoms with E-state index in [2.05, 4.69) is 21.0 Å². The first-order valence-corrected chi connectivity index (χ1v) is 7.26. The first-order chi connectivity index (χ1) is 9.81. The number of hydrogen-bond acceptors (Lipinski definition) is 6. The van der Waals surface area contributed by atoms with Crippen molar-refractivity contribution >= 4 is 11.7 Å². The summed E-state index contributed by atoms with van der Waals surface area (Å²) < 4.78 is 19.4. The van der Waals surface area contributed by atoms with Crippen LogP contribution in [-0.2, 0) is 0 Å². The zero-order chi connectivity index (χ0) is 14.4. The van der Waals surface area contributed by atoms with Crippen LogP contribution < -0.4 is 14.8 Å². The Morgan fingerprint density at radius 3 is 2.45 bits per heavy atom. The van der Waals surface area contributed by atoms with Gasteiger partial charge in [-0.15, -0.1) is 0 Å². The second-order valence-electron chi connectivity index (χ2n) is 4.30. The molecular weight excluding hydrogens is 274 g/mol. The number of hydrogen-bond donors (Lipinski definition) is 1. The van der Waals surface area contributed by atoms with Crippen LogP contribution >= 0.6 is 11.7 Å². The van der Waals surface area contributed by atoms with Gasteiger partial charge in [0.25, 0.3) is 0 Å². The molecule has 1 atom stereocenters. The van der Waals surface area contributed by atoms with Crippen LogP contribution in [0.5, 0.6) is 11.5 Å². The molecule has 6 heteroatoms. The first kappa shape index (κ1) is 14.7. The fourth-order valence-corrected chi connectivity index (χ4v) is 2.56. The molecule has 0 saturated heterocycles. The monoisotopic (exact) mass is 293 g/mol. The molecule has 0 bridgehead atoms. The Labute approximate surface area is 123 Å². The summed E-state index contributed by atoms with van der Waals surface area (Å²) in [5.41, 5.74) is 1.84. The molecule has 108 valence electrons. The van der Waals surface area contributed by atoms with E-state index in [4.69, 9.17) is 9.47 Å². The minimum absolute atomic E-state index is 0.0835. The summed E-state index contributed by atoms with van der Waals surface area (Å²) in [4.78, 5) is 0. The Balaban J connectivity index is 2.47. The molecule has 0 aliphatic rings. The van der Waals surface area contributed by atoms with Crippen molar-refractivity contribution in [3.63, 3.8) is 0 Å². The van der Waals surface area contributed by atoms with Crippen LogP contribution in [0.15, 0.2) is 24.4 Å². The van der Waals surface area contributed by atoms with E-state index in [1.165, 1.54) is 11.7 Å². The lowest BCUT2D eigenvalue weighted by Gasteiger charge is -2.21. The van der Waals surface area contributed by atoms with Gasteiger partial charge in [-0.1, -0.05) is 13.0 Å². The Bertz CT molecular complexity index is 509. The molecule has 0 saturated carbocycles. The van der Waals surface area contributed by atoms with Gasteiger partial charge in [-0.3, -0.25) is 0 Å². The van der Waals surface area contributed by atoms with Gasteiger partial charge in [-0.25, -0.2) is 0 Å². The van der Waals surface area contributed by atoms with E-state index in [-0.39, 0.29) is 6.04 Å². The van der Waals surface area contributed by atoms with Crippen molar-refractivity contribution in [3.05, 3.63) is 35.7 Å². The highest BCUT2D eigenvalue weighted by Gasteiger charge is 2.24. The predicted molar refractivity (Wildman–Crippen MR) is 79.6 cm³/mol. The van der Waals surface area contributed by atoms with Gasteiger partial charge < -0.3 is 14.8 Å². The molecule has 0 fully saturated rings. The molecule has 1 aromatic heterocycles. The summed E-state index contributed by atoms with van der Waals surface area (Å²) in [5, 5.41) is 3.48. The quantitative estimate of drug-likeness (QED) is 0.850. The van der Waals surface area contributed by atoms with Gasteiger partial charge in [0, 0.05) is 0 Å². The highest BCUT2D eigenvalue weighted by atomic mass is 32.1. The molecule has 1 N–H and O–H groups in total. The lowest BCUT2D eigenvalue weighted by molar-refractivity contribution is 0.376. The van der Waals surface area contributed by atoms with E-state index in [9.17, 15) is 0 Å². The molecule has 0 aliphatic carbocycles. The molecule has 20 heavy (non-hydrogen) atoms. The summed E-state index contributed by atoms with van der Waals surface area (Å²) in [6.07, 6.45) is 2.81. The zero-order valence-electron chi connectivity index (χ0n) is 11.9. The van der Waals surface area contributed by atoms with Gasteiger partial charge in [0.2, 0.25) is 0 Å². The second kappa shape index (κ2) is 7.21. The predicted octanol–water partition coefficient (Wildman–Crippen LogP) is 2.64. The molecule has 2 aromatic rings. The van der Waals surface area contributed by atoms with Crippen molar-refractivity contribution in [1.82, 2.24) is 14.1 Å². The van der Waals surface area contributed by atoms with Gasteiger partial charge in [-0.2, -0.15) is 8.75 Å². The average Bonchev–Trinajstić information content (AvgIpc) is 3.01. The van der Waals surface area contributed by atoms with Gasteiger partial charge in [0.1, 0.15) is 11.5 Å². The van der Waals surface area contributed by atoms with Crippen molar-refractivity contribution in [1.29, 1.82) is 0 Å². The van der Waals surface area contributed by atoms with Crippen LogP contribution in [0.3, 0.4) is 0 Å². The maximum atomic E-state index is 5.48. The third-order valence-electron chi connectivity index (χ3n) is 3.03. The van der Waals surface area contributed by atoms with Crippen LogP contribution in [0.25, 0.3) is 0 Å². The summed E-state index contributed by atoms with van der Waals surface area (Å²) in [7, 11) is 3.32. The van der Waals surface area contributed by atoms with Gasteiger partial charge in [-0.05, 0) is 25.1 Å². The Hall–Kier alpha value is -1.66. The molecule has 1 aromatic carbocycles. The Morgan fingerprint density at radius 2 is 1.95 bits per heavy atom. The fourth-order valence-electron chi connectivity index (χ4n) is 2.11. The third-order valence-corrected chi connectivity index (χ3v) is 3.52. The van der Waals surface area contributed by atoms with Crippen LogP contribution in [0.2, 0.25) is 0 Å². The minimum atomic E-state index is -0.0835. The minimum Gasteiger partial charge on any atom is -0.496 e. The van der Waals surface area contributed by atoms with Crippen molar-refractivity contribution in [2.45, 2.75) is 19.4 Å².